The Morgan fingerprint density at radius 2 is 0.778 bits per heavy atom. The molecule has 0 amide bonds. The summed E-state index contributed by atoms with van der Waals surface area (Å²) in [7, 11) is 0. The Hall–Kier alpha value is -1.71. The van der Waals surface area contributed by atoms with Gasteiger partial charge >= 0.3 is 17.1 Å². The summed E-state index contributed by atoms with van der Waals surface area (Å²) in [4.78, 5) is 39.5. The van der Waals surface area contributed by atoms with Crippen molar-refractivity contribution in [3.8, 4) is 0 Å². The lowest BCUT2D eigenvalue weighted by atomic mass is 10.1. The van der Waals surface area contributed by atoms with Gasteiger partial charge in [0.2, 0.25) is 0 Å². The van der Waals surface area contributed by atoms with E-state index in [0.717, 1.165) is 13.7 Å². The number of hydrogen-bond acceptors (Lipinski definition) is 6. The second kappa shape index (κ2) is 6.15. The van der Waals surface area contributed by atoms with Crippen LogP contribution in [0.2, 0.25) is 0 Å². The number of aromatic nitrogens is 3. The topological polar surface area (TPSA) is 104 Å². The van der Waals surface area contributed by atoms with Gasteiger partial charge in [-0.05, 0) is 41.5 Å². The van der Waals surface area contributed by atoms with Gasteiger partial charge in [-0.1, -0.05) is 0 Å². The molecule has 0 aromatic carbocycles. The van der Waals surface area contributed by atoms with Gasteiger partial charge in [-0.15, -0.1) is 0 Å². The van der Waals surface area contributed by atoms with E-state index < -0.39 is 35.2 Å². The molecule has 0 N–H and O–H groups in total. The molecule has 9 atom stereocenters. The molecule has 0 bridgehead atoms. The fraction of sp³-hybridized carbons (Fsp3) is 0.833. The van der Waals surface area contributed by atoms with E-state index in [1.807, 2.05) is 20.8 Å². The van der Waals surface area contributed by atoms with Crippen molar-refractivity contribution < 1.29 is 14.2 Å². The Morgan fingerprint density at radius 3 is 0.926 bits per heavy atom. The molecule has 3 fully saturated rings. The van der Waals surface area contributed by atoms with Gasteiger partial charge in [-0.2, -0.15) is 0 Å². The average molecular weight is 381 g/mol. The minimum Gasteiger partial charge on any atom is -0.368 e. The van der Waals surface area contributed by atoms with Crippen molar-refractivity contribution >= 4 is 0 Å². The molecule has 4 rings (SSSR count). The summed E-state index contributed by atoms with van der Waals surface area (Å²) in [6.45, 7) is 11.0. The molecular formula is C18H27N3O6. The first-order chi connectivity index (χ1) is 12.6. The molecule has 4 heterocycles. The highest BCUT2D eigenvalue weighted by molar-refractivity contribution is 4.99. The predicted octanol–water partition coefficient (Wildman–Crippen LogP) is 0.217. The van der Waals surface area contributed by atoms with Crippen LogP contribution < -0.4 is 17.1 Å². The summed E-state index contributed by atoms with van der Waals surface area (Å²) in [5.41, 5.74) is -1.82. The zero-order valence-electron chi connectivity index (χ0n) is 16.5. The van der Waals surface area contributed by atoms with Gasteiger partial charge in [0, 0.05) is 0 Å². The van der Waals surface area contributed by atoms with Crippen LogP contribution in [-0.4, -0.2) is 50.3 Å². The van der Waals surface area contributed by atoms with Crippen molar-refractivity contribution in [3.05, 3.63) is 31.5 Å². The van der Waals surface area contributed by atoms with E-state index in [9.17, 15) is 14.4 Å². The van der Waals surface area contributed by atoms with Crippen LogP contribution in [0.15, 0.2) is 14.4 Å². The van der Waals surface area contributed by atoms with E-state index in [4.69, 9.17) is 14.2 Å². The van der Waals surface area contributed by atoms with E-state index in [1.165, 1.54) is 0 Å². The zero-order chi connectivity index (χ0) is 19.8. The van der Waals surface area contributed by atoms with E-state index in [2.05, 4.69) is 0 Å². The standard InChI is InChI=1S/C18H27N3O6/c1-7(13-10(4)25-13)19-16(22)20(8(2)14-11(5)26-14)18(24)21(17(19)23)9(3)15-12(6)27-15/h7-15H,1-6H3. The molecule has 9 nitrogen and oxygen atoms in total. The van der Waals surface area contributed by atoms with E-state index >= 15 is 0 Å². The van der Waals surface area contributed by atoms with Gasteiger partial charge in [0.25, 0.3) is 0 Å². The minimum absolute atomic E-state index is 0.0199. The number of epoxide rings is 3. The zero-order valence-corrected chi connectivity index (χ0v) is 16.5. The predicted molar refractivity (Wildman–Crippen MR) is 96.4 cm³/mol. The Kier molecular flexibility index (Phi) is 4.25. The van der Waals surface area contributed by atoms with Crippen molar-refractivity contribution in [2.45, 2.75) is 96.3 Å². The third-order valence-electron chi connectivity index (χ3n) is 6.16. The Morgan fingerprint density at radius 1 is 0.593 bits per heavy atom. The van der Waals surface area contributed by atoms with Crippen molar-refractivity contribution in [1.29, 1.82) is 0 Å². The summed E-state index contributed by atoms with van der Waals surface area (Å²) >= 11 is 0. The molecule has 1 aromatic heterocycles. The Balaban J connectivity index is 1.89. The number of rotatable bonds is 6. The lowest BCUT2D eigenvalue weighted by molar-refractivity contribution is 0.261. The van der Waals surface area contributed by atoms with Gasteiger partial charge in [-0.25, -0.2) is 28.1 Å². The minimum atomic E-state index is -0.608. The molecule has 0 radical (unpaired) electrons. The molecule has 9 heteroatoms. The SMILES string of the molecule is CC1OC1C(C)n1c(=O)n(C(C)C2OC2C)c(=O)n(C(C)C2OC2C)c1=O. The van der Waals surface area contributed by atoms with Gasteiger partial charge in [0.1, 0.15) is 18.3 Å². The van der Waals surface area contributed by atoms with Crippen molar-refractivity contribution in [2.24, 2.45) is 0 Å². The first-order valence-electron chi connectivity index (χ1n) is 9.61. The summed E-state index contributed by atoms with van der Waals surface area (Å²) in [6, 6.07) is -1.40. The van der Waals surface area contributed by atoms with E-state index in [0.29, 0.717) is 0 Å². The van der Waals surface area contributed by atoms with Gasteiger partial charge in [0.15, 0.2) is 0 Å². The average Bonchev–Trinajstić information content (AvgIpc) is 3.48. The quantitative estimate of drug-likeness (QED) is 0.653. The van der Waals surface area contributed by atoms with Crippen LogP contribution in [0, 0.1) is 0 Å². The first-order valence-corrected chi connectivity index (χ1v) is 9.61. The Bertz CT molecular complexity index is 783. The largest absolute Gasteiger partial charge is 0.368 e. The maximum Gasteiger partial charge on any atom is 0.337 e. The third kappa shape index (κ3) is 2.92. The first kappa shape index (κ1) is 18.6. The second-order valence-electron chi connectivity index (χ2n) is 8.10. The van der Waals surface area contributed by atoms with Crippen LogP contribution in [0.4, 0.5) is 0 Å². The van der Waals surface area contributed by atoms with Crippen LogP contribution in [0.5, 0.6) is 0 Å². The van der Waals surface area contributed by atoms with Crippen molar-refractivity contribution in [2.75, 3.05) is 0 Å². The van der Waals surface area contributed by atoms with Gasteiger partial charge in [-0.3, -0.25) is 0 Å². The van der Waals surface area contributed by atoms with Crippen molar-refractivity contribution in [3.63, 3.8) is 0 Å². The van der Waals surface area contributed by atoms with Gasteiger partial charge in [0.05, 0.1) is 36.4 Å². The normalized spacial score (nSPS) is 37.6. The fourth-order valence-corrected chi connectivity index (χ4v) is 4.20. The highest BCUT2D eigenvalue weighted by Crippen LogP contribution is 2.33. The van der Waals surface area contributed by atoms with Crippen molar-refractivity contribution in [1.82, 2.24) is 13.7 Å². The fourth-order valence-electron chi connectivity index (χ4n) is 4.20. The molecule has 3 aliphatic heterocycles. The van der Waals surface area contributed by atoms with E-state index in [-0.39, 0.29) is 36.6 Å². The molecule has 3 saturated heterocycles. The Labute approximate surface area is 156 Å². The lowest BCUT2D eigenvalue weighted by Crippen LogP contribution is -2.58. The summed E-state index contributed by atoms with van der Waals surface area (Å²) < 4.78 is 19.9. The van der Waals surface area contributed by atoms with Crippen LogP contribution >= 0.6 is 0 Å². The van der Waals surface area contributed by atoms with Crippen LogP contribution in [-0.2, 0) is 14.2 Å². The molecule has 1 aromatic rings. The highest BCUT2D eigenvalue weighted by Gasteiger charge is 2.46. The van der Waals surface area contributed by atoms with Crippen LogP contribution in [0.25, 0.3) is 0 Å². The monoisotopic (exact) mass is 381 g/mol. The summed E-state index contributed by atoms with van der Waals surface area (Å²) in [5.74, 6) is 0. The molecule has 27 heavy (non-hydrogen) atoms. The van der Waals surface area contributed by atoms with Crippen LogP contribution in [0.1, 0.15) is 59.7 Å². The molecule has 150 valence electrons. The summed E-state index contributed by atoms with van der Waals surface area (Å²) in [5, 5.41) is 0. The molecule has 0 aliphatic carbocycles. The molecule has 0 saturated carbocycles. The lowest BCUT2D eigenvalue weighted by Gasteiger charge is -2.22. The molecule has 0 spiro atoms. The third-order valence-corrected chi connectivity index (χ3v) is 6.16. The summed E-state index contributed by atoms with van der Waals surface area (Å²) in [6.07, 6.45) is -0.705. The molecular weight excluding hydrogens is 354 g/mol. The van der Waals surface area contributed by atoms with E-state index in [1.54, 1.807) is 20.8 Å². The number of nitrogens with zero attached hydrogens (tertiary/aromatic N) is 3. The maximum absolute atomic E-state index is 13.2. The van der Waals surface area contributed by atoms with Crippen LogP contribution in [0.3, 0.4) is 0 Å². The molecule has 3 aliphatic rings. The molecule has 9 unspecified atom stereocenters. The number of hydrogen-bond donors (Lipinski definition) is 0. The number of ether oxygens (including phenoxy) is 3. The smallest absolute Gasteiger partial charge is 0.337 e. The highest BCUT2D eigenvalue weighted by atomic mass is 16.6. The maximum atomic E-state index is 13.2. The van der Waals surface area contributed by atoms with Gasteiger partial charge < -0.3 is 14.2 Å². The second-order valence-corrected chi connectivity index (χ2v) is 8.10.